The van der Waals surface area contributed by atoms with Crippen LogP contribution in [0.4, 0.5) is 5.69 Å². The topological polar surface area (TPSA) is 61.0 Å². The van der Waals surface area contributed by atoms with Gasteiger partial charge in [0.15, 0.2) is 0 Å². The van der Waals surface area contributed by atoms with Gasteiger partial charge in [0.25, 0.3) is 0 Å². The molecule has 0 aliphatic heterocycles. The number of para-hydroxylation sites is 7. The van der Waals surface area contributed by atoms with Crippen molar-refractivity contribution in [1.29, 1.82) is 5.26 Å². The van der Waals surface area contributed by atoms with Crippen LogP contribution in [0.25, 0.3) is 148 Å². The van der Waals surface area contributed by atoms with Crippen LogP contribution < -0.4 is 0 Å². The molecule has 16 aromatic rings. The molecule has 0 radical (unpaired) electrons. The number of nitriles is 1. The molecule has 78 heavy (non-hydrogen) atoms. The average molecular weight is 997 g/mol. The van der Waals surface area contributed by atoms with Gasteiger partial charge in [-0.2, -0.15) is 5.26 Å². The van der Waals surface area contributed by atoms with E-state index in [9.17, 15) is 11.8 Å². The summed E-state index contributed by atoms with van der Waals surface area (Å²) in [6, 6.07) is 81.8. The zero-order valence-corrected chi connectivity index (χ0v) is 42.4. The molecule has 0 spiro atoms. The maximum absolute atomic E-state index is 12.7. The maximum atomic E-state index is 12.7. The molecule has 5 aromatic heterocycles. The smallest absolute Gasteiger partial charge is 0.237 e. The Balaban J connectivity index is 1.26. The van der Waals surface area contributed by atoms with Crippen molar-refractivity contribution < 1.29 is 4.42 Å². The fourth-order valence-corrected chi connectivity index (χ4v) is 13.3. The van der Waals surface area contributed by atoms with E-state index in [2.05, 4.69) is 231 Å². The van der Waals surface area contributed by atoms with Crippen LogP contribution in [0, 0.1) is 17.9 Å². The van der Waals surface area contributed by atoms with Gasteiger partial charge >= 0.3 is 0 Å². The predicted molar refractivity (Wildman–Crippen MR) is 321 cm³/mol. The van der Waals surface area contributed by atoms with E-state index in [1.807, 2.05) is 24.3 Å². The van der Waals surface area contributed by atoms with Crippen molar-refractivity contribution in [2.24, 2.45) is 0 Å². The van der Waals surface area contributed by atoms with Gasteiger partial charge in [0.05, 0.1) is 84.4 Å². The Labute approximate surface area is 447 Å². The number of fused-ring (bicyclic) bond motifs is 16. The molecule has 7 heteroatoms. The minimum atomic E-state index is 0.341. The lowest BCUT2D eigenvalue weighted by molar-refractivity contribution is 0.669. The Morgan fingerprint density at radius 2 is 0.846 bits per heavy atom. The fourth-order valence-electron chi connectivity index (χ4n) is 13.3. The molecule has 16 rings (SSSR count). The van der Waals surface area contributed by atoms with Gasteiger partial charge in [0.2, 0.25) is 5.69 Å². The third-order valence-electron chi connectivity index (χ3n) is 16.3. The van der Waals surface area contributed by atoms with E-state index in [-0.39, 0.29) is 0 Å². The minimum Gasteiger partial charge on any atom is -0.456 e. The lowest BCUT2D eigenvalue weighted by atomic mass is 9.93. The summed E-state index contributed by atoms with van der Waals surface area (Å²) in [6.45, 7) is 12.1. The second kappa shape index (κ2) is 16.7. The number of rotatable bonds is 7. The molecule has 5 heterocycles. The van der Waals surface area contributed by atoms with Crippen LogP contribution in [0.15, 0.2) is 229 Å². The first-order valence-electron chi connectivity index (χ1n) is 26.6. The second-order valence-corrected chi connectivity index (χ2v) is 20.3. The molecule has 0 aliphatic rings. The lowest BCUT2D eigenvalue weighted by Crippen LogP contribution is -2.14. The molecule has 0 atom stereocenters. The van der Waals surface area contributed by atoms with Crippen molar-refractivity contribution in [2.45, 2.75) is 19.8 Å². The largest absolute Gasteiger partial charge is 0.456 e. The van der Waals surface area contributed by atoms with Crippen molar-refractivity contribution in [3.8, 4) is 39.9 Å². The molecular formula is C71H44N6O. The highest BCUT2D eigenvalue weighted by Crippen LogP contribution is 2.53. The highest BCUT2D eigenvalue weighted by molar-refractivity contribution is 6.28. The zero-order valence-electron chi connectivity index (χ0n) is 42.4. The van der Waals surface area contributed by atoms with Crippen molar-refractivity contribution in [3.05, 3.63) is 247 Å². The second-order valence-electron chi connectivity index (χ2n) is 20.3. The summed E-state index contributed by atoms with van der Waals surface area (Å²) in [6.07, 6.45) is 1.91. The molecule has 11 aromatic carbocycles. The Kier molecular flexibility index (Phi) is 9.37. The van der Waals surface area contributed by atoms with Crippen LogP contribution >= 0.6 is 0 Å². The summed E-state index contributed by atoms with van der Waals surface area (Å²) in [4.78, 5) is 4.81. The van der Waals surface area contributed by atoms with E-state index in [0.29, 0.717) is 34.0 Å². The van der Waals surface area contributed by atoms with E-state index in [1.54, 1.807) is 0 Å². The number of aromatic nitrogens is 4. The quantitative estimate of drug-likeness (QED) is 0.149. The Hall–Kier alpha value is -10.6. The van der Waals surface area contributed by atoms with E-state index >= 15 is 0 Å². The number of hydrogen-bond acceptors (Lipinski definition) is 2. The summed E-state index contributed by atoms with van der Waals surface area (Å²) in [5, 5.41) is 22.9. The molecule has 0 unspecified atom stereocenters. The van der Waals surface area contributed by atoms with E-state index in [0.717, 1.165) is 128 Å². The number of aryl methyl sites for hydroxylation is 1. The summed E-state index contributed by atoms with van der Waals surface area (Å²) >= 11 is 0. The molecule has 0 saturated heterocycles. The molecule has 0 saturated carbocycles. The normalized spacial score (nSPS) is 12.0. The summed E-state index contributed by atoms with van der Waals surface area (Å²) in [5.74, 6) is 0. The van der Waals surface area contributed by atoms with Crippen LogP contribution in [-0.4, -0.2) is 18.3 Å². The number of hydrogen-bond donors (Lipinski definition) is 0. The highest BCUT2D eigenvalue weighted by atomic mass is 16.3. The van der Waals surface area contributed by atoms with Crippen molar-refractivity contribution in [1.82, 2.24) is 18.3 Å². The average Bonchev–Trinajstić information content (AvgIpc) is 3.78. The Morgan fingerprint density at radius 3 is 1.37 bits per heavy atom. The van der Waals surface area contributed by atoms with Gasteiger partial charge in [0.1, 0.15) is 17.2 Å². The van der Waals surface area contributed by atoms with E-state index in [1.165, 1.54) is 11.1 Å². The third-order valence-corrected chi connectivity index (χ3v) is 16.3. The summed E-state index contributed by atoms with van der Waals surface area (Å²) in [5.41, 5.74) is 15.7. The number of nitrogens with zero attached hydrogens (tertiary/aromatic N) is 6. The van der Waals surface area contributed by atoms with E-state index in [4.69, 9.17) is 9.26 Å². The van der Waals surface area contributed by atoms with Gasteiger partial charge in [-0.1, -0.05) is 177 Å². The highest BCUT2D eigenvalue weighted by Gasteiger charge is 2.35. The van der Waals surface area contributed by atoms with Gasteiger partial charge in [-0.25, -0.2) is 4.85 Å². The molecule has 364 valence electrons. The molecule has 0 amide bonds. The first-order chi connectivity index (χ1) is 38.7. The van der Waals surface area contributed by atoms with Crippen molar-refractivity contribution in [3.63, 3.8) is 0 Å². The third kappa shape index (κ3) is 5.85. The van der Waals surface area contributed by atoms with Crippen LogP contribution in [0.3, 0.4) is 0 Å². The zero-order chi connectivity index (χ0) is 51.8. The standard InChI is InChI=1S/C71H44N6O/c1-3-21-43-22-4-5-23-44(43)51-31-20-38-61-64(51)53-40-41-63-65(52-30-12-19-39-62(52)78-63)67(53)77(61)71-69(75-57-34-15-8-26-47(57)48-27-9-16-35-58(48)75)54(42-72)68(74-55-32-13-6-24-45(55)46-25-7-14-33-56(46)74)66(73-2)70(71)76-59-36-17-10-28-49(59)50-29-11-18-37-60(50)76/h4-20,22-41H,3,21H2,1H3. The summed E-state index contributed by atoms with van der Waals surface area (Å²) in [7, 11) is 0. The van der Waals surface area contributed by atoms with Crippen LogP contribution in [0.5, 0.6) is 0 Å². The van der Waals surface area contributed by atoms with E-state index < -0.39 is 0 Å². The van der Waals surface area contributed by atoms with Gasteiger partial charge in [0, 0.05) is 48.5 Å². The van der Waals surface area contributed by atoms with Crippen LogP contribution in [0.2, 0.25) is 0 Å². The number of benzene rings is 11. The molecule has 0 fully saturated rings. The van der Waals surface area contributed by atoms with Gasteiger partial charge in [-0.15, -0.1) is 0 Å². The van der Waals surface area contributed by atoms with Crippen LogP contribution in [0.1, 0.15) is 24.5 Å². The predicted octanol–water partition coefficient (Wildman–Crippen LogP) is 19.0. The summed E-state index contributed by atoms with van der Waals surface area (Å²) < 4.78 is 16.1. The first kappa shape index (κ1) is 43.8. The van der Waals surface area contributed by atoms with Crippen molar-refractivity contribution in [2.75, 3.05) is 0 Å². The molecule has 7 nitrogen and oxygen atoms in total. The van der Waals surface area contributed by atoms with Gasteiger partial charge < -0.3 is 22.7 Å². The van der Waals surface area contributed by atoms with Gasteiger partial charge in [-0.05, 0) is 83.8 Å². The molecule has 0 bridgehead atoms. The minimum absolute atomic E-state index is 0.341. The molecular weight excluding hydrogens is 953 g/mol. The fraction of sp³-hybridized carbons (Fsp3) is 0.0423. The lowest BCUT2D eigenvalue weighted by Gasteiger charge is -2.27. The SMILES string of the molecule is [C-]#[N+]c1c(-n2c3ccccc3c3ccccc32)c(C#N)c(-n2c3ccccc3c3ccccc32)c(-n2c3cccc(-c4ccccc4CCC)c3c3ccc4oc5ccccc5c4c32)c1-n1c2ccccc2c2ccccc21. The Bertz CT molecular complexity index is 5020. The van der Waals surface area contributed by atoms with Crippen LogP contribution in [-0.2, 0) is 6.42 Å². The van der Waals surface area contributed by atoms with Crippen molar-refractivity contribution >= 4 is 115 Å². The number of furan rings is 1. The first-order valence-corrected chi connectivity index (χ1v) is 26.6. The maximum Gasteiger partial charge on any atom is 0.237 e. The Morgan fingerprint density at radius 1 is 0.397 bits per heavy atom. The molecule has 0 N–H and O–H groups in total. The molecule has 0 aliphatic carbocycles. The van der Waals surface area contributed by atoms with Gasteiger partial charge in [-0.3, -0.25) is 0 Å². The monoisotopic (exact) mass is 996 g/mol.